The fraction of sp³-hybridized carbons (Fsp3) is 0.333. The number of nitrogens with one attached hydrogen (secondary N) is 3. The number of carbonyl (C=O) groups is 1. The summed E-state index contributed by atoms with van der Waals surface area (Å²) in [5, 5.41) is 12.8. The van der Waals surface area contributed by atoms with Gasteiger partial charge in [0.15, 0.2) is 5.82 Å². The van der Waals surface area contributed by atoms with E-state index in [0.717, 1.165) is 42.3 Å². The first-order valence-corrected chi connectivity index (χ1v) is 8.46. The topological polar surface area (TPSA) is 76.3 Å². The van der Waals surface area contributed by atoms with E-state index in [4.69, 9.17) is 0 Å². The molecule has 0 radical (unpaired) electrons. The van der Waals surface area contributed by atoms with E-state index >= 15 is 0 Å². The average Bonchev–Trinajstić information content (AvgIpc) is 3.22. The SMILES string of the molecule is CC(=O)N1CCc2[nH]nc(Nc3ccc(C4=CN(C)NC4)cc3)c2C1. The van der Waals surface area contributed by atoms with Gasteiger partial charge < -0.3 is 15.2 Å². The van der Waals surface area contributed by atoms with Gasteiger partial charge in [0, 0.05) is 56.6 Å². The number of amides is 1. The van der Waals surface area contributed by atoms with Crippen LogP contribution >= 0.6 is 0 Å². The summed E-state index contributed by atoms with van der Waals surface area (Å²) in [6.07, 6.45) is 2.92. The van der Waals surface area contributed by atoms with Crippen LogP contribution in [0.25, 0.3) is 5.57 Å². The van der Waals surface area contributed by atoms with Crippen molar-refractivity contribution < 1.29 is 4.79 Å². The van der Waals surface area contributed by atoms with Gasteiger partial charge >= 0.3 is 0 Å². The number of hydrogen-bond acceptors (Lipinski definition) is 5. The lowest BCUT2D eigenvalue weighted by atomic mass is 10.1. The van der Waals surface area contributed by atoms with Crippen LogP contribution in [0.3, 0.4) is 0 Å². The maximum atomic E-state index is 11.6. The molecule has 130 valence electrons. The highest BCUT2D eigenvalue weighted by atomic mass is 16.2. The third-order valence-electron chi connectivity index (χ3n) is 4.77. The lowest BCUT2D eigenvalue weighted by Gasteiger charge is -2.25. The third kappa shape index (κ3) is 3.10. The van der Waals surface area contributed by atoms with Crippen LogP contribution in [-0.2, 0) is 17.8 Å². The fourth-order valence-corrected chi connectivity index (χ4v) is 3.28. The van der Waals surface area contributed by atoms with Crippen molar-refractivity contribution in [2.24, 2.45) is 0 Å². The van der Waals surface area contributed by atoms with Crippen molar-refractivity contribution in [3.8, 4) is 0 Å². The molecule has 2 aromatic rings. The van der Waals surface area contributed by atoms with Gasteiger partial charge in [-0.15, -0.1) is 0 Å². The number of anilines is 2. The normalized spacial score (nSPS) is 16.6. The van der Waals surface area contributed by atoms with E-state index in [1.165, 1.54) is 11.1 Å². The molecule has 0 bridgehead atoms. The molecule has 0 aliphatic carbocycles. The predicted molar refractivity (Wildman–Crippen MR) is 96.9 cm³/mol. The number of hydrogen-bond donors (Lipinski definition) is 3. The third-order valence-corrected chi connectivity index (χ3v) is 4.77. The molecule has 2 aliphatic rings. The smallest absolute Gasteiger partial charge is 0.219 e. The van der Waals surface area contributed by atoms with Crippen molar-refractivity contribution in [3.05, 3.63) is 47.3 Å². The molecule has 1 amide bonds. The lowest BCUT2D eigenvalue weighted by molar-refractivity contribution is -0.129. The molecule has 3 heterocycles. The molecule has 0 atom stereocenters. The summed E-state index contributed by atoms with van der Waals surface area (Å²) >= 11 is 0. The van der Waals surface area contributed by atoms with Crippen molar-refractivity contribution in [1.29, 1.82) is 0 Å². The zero-order chi connectivity index (χ0) is 17.4. The number of carbonyl (C=O) groups excluding carboxylic acids is 1. The van der Waals surface area contributed by atoms with Gasteiger partial charge in [-0.05, 0) is 23.3 Å². The Labute approximate surface area is 146 Å². The summed E-state index contributed by atoms with van der Waals surface area (Å²) in [4.78, 5) is 13.5. The first-order chi connectivity index (χ1) is 12.1. The Hall–Kier alpha value is -2.80. The van der Waals surface area contributed by atoms with Gasteiger partial charge in [-0.3, -0.25) is 9.89 Å². The highest BCUT2D eigenvalue weighted by Crippen LogP contribution is 2.27. The van der Waals surface area contributed by atoms with Crippen molar-refractivity contribution in [1.82, 2.24) is 25.5 Å². The molecule has 7 heteroatoms. The van der Waals surface area contributed by atoms with Gasteiger partial charge in [0.05, 0.1) is 6.54 Å². The average molecular weight is 338 g/mol. The van der Waals surface area contributed by atoms with E-state index in [1.807, 2.05) is 17.0 Å². The van der Waals surface area contributed by atoms with Gasteiger partial charge in [0.2, 0.25) is 5.91 Å². The van der Waals surface area contributed by atoms with Crippen LogP contribution in [0, 0.1) is 0 Å². The van der Waals surface area contributed by atoms with Gasteiger partial charge in [0.1, 0.15) is 0 Å². The molecular formula is C18H22N6O. The van der Waals surface area contributed by atoms with Gasteiger partial charge in [-0.25, -0.2) is 5.43 Å². The van der Waals surface area contributed by atoms with Crippen LogP contribution < -0.4 is 10.7 Å². The van der Waals surface area contributed by atoms with Gasteiger partial charge in [-0.2, -0.15) is 5.10 Å². The van der Waals surface area contributed by atoms with Crippen molar-refractivity contribution in [3.63, 3.8) is 0 Å². The molecule has 0 fully saturated rings. The van der Waals surface area contributed by atoms with Crippen LogP contribution in [0.5, 0.6) is 0 Å². The highest BCUT2D eigenvalue weighted by Gasteiger charge is 2.23. The summed E-state index contributed by atoms with van der Waals surface area (Å²) in [5.41, 5.74) is 8.89. The second kappa shape index (κ2) is 6.25. The molecular weight excluding hydrogens is 316 g/mol. The molecule has 0 saturated heterocycles. The molecule has 4 rings (SSSR count). The highest BCUT2D eigenvalue weighted by molar-refractivity contribution is 5.74. The number of rotatable bonds is 3. The monoisotopic (exact) mass is 338 g/mol. The molecule has 25 heavy (non-hydrogen) atoms. The second-order valence-electron chi connectivity index (χ2n) is 6.52. The molecule has 0 spiro atoms. The summed E-state index contributed by atoms with van der Waals surface area (Å²) < 4.78 is 0. The van der Waals surface area contributed by atoms with Crippen LogP contribution in [0.4, 0.5) is 11.5 Å². The zero-order valence-corrected chi connectivity index (χ0v) is 14.5. The minimum Gasteiger partial charge on any atom is -0.338 e. The summed E-state index contributed by atoms with van der Waals surface area (Å²) in [6.45, 7) is 3.81. The Morgan fingerprint density at radius 3 is 2.76 bits per heavy atom. The number of H-pyrrole nitrogens is 1. The van der Waals surface area contributed by atoms with Crippen molar-refractivity contribution in [2.45, 2.75) is 19.9 Å². The number of hydrazine groups is 1. The van der Waals surface area contributed by atoms with Crippen molar-refractivity contribution in [2.75, 3.05) is 25.5 Å². The summed E-state index contributed by atoms with van der Waals surface area (Å²) in [6, 6.07) is 8.33. The van der Waals surface area contributed by atoms with Gasteiger partial charge in [0.25, 0.3) is 0 Å². The van der Waals surface area contributed by atoms with Crippen LogP contribution in [0.15, 0.2) is 30.5 Å². The maximum Gasteiger partial charge on any atom is 0.219 e. The van der Waals surface area contributed by atoms with Gasteiger partial charge in [-0.1, -0.05) is 12.1 Å². The number of aromatic amines is 1. The Bertz CT molecular complexity index is 823. The van der Waals surface area contributed by atoms with E-state index < -0.39 is 0 Å². The predicted octanol–water partition coefficient (Wildman–Crippen LogP) is 1.85. The minimum atomic E-state index is 0.102. The first kappa shape index (κ1) is 15.7. The minimum absolute atomic E-state index is 0.102. The Balaban J connectivity index is 1.51. The molecule has 2 aliphatic heterocycles. The van der Waals surface area contributed by atoms with E-state index in [0.29, 0.717) is 6.54 Å². The number of fused-ring (bicyclic) bond motifs is 1. The van der Waals surface area contributed by atoms with Crippen LogP contribution in [0.2, 0.25) is 0 Å². The summed E-state index contributed by atoms with van der Waals surface area (Å²) in [5.74, 6) is 0.903. The van der Waals surface area contributed by atoms with Crippen molar-refractivity contribution >= 4 is 23.0 Å². The molecule has 0 saturated carbocycles. The molecule has 3 N–H and O–H groups in total. The standard InChI is InChI=1S/C18H22N6O/c1-12(25)24-8-7-17-16(11-24)18(22-21-17)20-15-5-3-13(4-6-15)14-9-19-23(2)10-14/h3-6,10,19H,7-9,11H2,1-2H3,(H2,20,21,22). The largest absolute Gasteiger partial charge is 0.338 e. The number of aromatic nitrogens is 2. The summed E-state index contributed by atoms with van der Waals surface area (Å²) in [7, 11) is 1.99. The van der Waals surface area contributed by atoms with Crippen LogP contribution in [0.1, 0.15) is 23.7 Å². The van der Waals surface area contributed by atoms with E-state index in [1.54, 1.807) is 6.92 Å². The maximum absolute atomic E-state index is 11.6. The Morgan fingerprint density at radius 1 is 1.28 bits per heavy atom. The lowest BCUT2D eigenvalue weighted by Crippen LogP contribution is -2.34. The Kier molecular flexibility index (Phi) is 3.93. The van der Waals surface area contributed by atoms with E-state index in [9.17, 15) is 4.79 Å². The van der Waals surface area contributed by atoms with Crippen LogP contribution in [-0.4, -0.2) is 46.2 Å². The van der Waals surface area contributed by atoms with E-state index in [-0.39, 0.29) is 5.91 Å². The molecule has 7 nitrogen and oxygen atoms in total. The molecule has 1 aromatic heterocycles. The number of benzene rings is 1. The van der Waals surface area contributed by atoms with E-state index in [2.05, 4.69) is 51.4 Å². The fourth-order valence-electron chi connectivity index (χ4n) is 3.28. The molecule has 1 aromatic carbocycles. The Morgan fingerprint density at radius 2 is 2.08 bits per heavy atom. The number of nitrogens with zero attached hydrogens (tertiary/aromatic N) is 3. The zero-order valence-electron chi connectivity index (χ0n) is 14.5. The quantitative estimate of drug-likeness (QED) is 0.796. The molecule has 0 unspecified atom stereocenters. The first-order valence-electron chi connectivity index (χ1n) is 8.46. The second-order valence-corrected chi connectivity index (χ2v) is 6.52.